The molecule has 0 aromatic rings. The lowest BCUT2D eigenvalue weighted by Gasteiger charge is -2.37. The molecule has 0 aromatic heterocycles. The number of allylic oxidation sites excluding steroid dienone is 3. The smallest absolute Gasteiger partial charge is 0.426 e. The fraction of sp³-hybridized carbons (Fsp3) is 0.650. The highest BCUT2D eigenvalue weighted by Crippen LogP contribution is 2.36. The van der Waals surface area contributed by atoms with Crippen LogP contribution in [0.2, 0.25) is 0 Å². The van der Waals surface area contributed by atoms with E-state index in [9.17, 15) is 31.1 Å². The van der Waals surface area contributed by atoms with Crippen LogP contribution in [0.1, 0.15) is 6.92 Å². The second-order valence-electron chi connectivity index (χ2n) is 7.60. The molecule has 188 valence electrons. The third kappa shape index (κ3) is 8.42. The van der Waals surface area contributed by atoms with Gasteiger partial charge in [0.25, 0.3) is 6.10 Å². The number of alkyl halides is 6. The van der Waals surface area contributed by atoms with Gasteiger partial charge in [-0.15, -0.1) is 0 Å². The monoisotopic (exact) mass is 505 g/mol. The fourth-order valence-electron chi connectivity index (χ4n) is 3.32. The van der Waals surface area contributed by atoms with Gasteiger partial charge in [-0.25, -0.2) is 4.79 Å². The van der Waals surface area contributed by atoms with E-state index in [1.165, 1.54) is 0 Å². The van der Waals surface area contributed by atoms with Crippen LogP contribution in [0, 0.1) is 0 Å². The highest BCUT2D eigenvalue weighted by molar-refractivity contribution is 6.29. The lowest BCUT2D eigenvalue weighted by molar-refractivity contribution is -0.308. The number of piperazine rings is 1. The molecule has 2 aliphatic rings. The van der Waals surface area contributed by atoms with Crippen molar-refractivity contribution in [1.29, 1.82) is 0 Å². The van der Waals surface area contributed by atoms with Crippen molar-refractivity contribution in [1.82, 2.24) is 14.7 Å². The molecule has 0 N–H and O–H groups in total. The highest BCUT2D eigenvalue weighted by Gasteiger charge is 2.60. The topological polar surface area (TPSA) is 45.2 Å². The SMILES string of the molecule is C=C(/C(=C\C=C(/C)Cl)CN1CCN(C(=O)OC(C(F)(F)F)C(F)(F)F)CC1)N1CCOCC1. The maximum Gasteiger partial charge on any atom is 0.434 e. The predicted octanol–water partition coefficient (Wildman–Crippen LogP) is 4.15. The predicted molar refractivity (Wildman–Crippen MR) is 110 cm³/mol. The average molecular weight is 506 g/mol. The molecule has 33 heavy (non-hydrogen) atoms. The third-order valence-electron chi connectivity index (χ3n) is 5.12. The number of nitrogens with zero attached hydrogens (tertiary/aromatic N) is 3. The minimum absolute atomic E-state index is 0.0804. The van der Waals surface area contributed by atoms with Gasteiger partial charge in [-0.05, 0) is 18.6 Å². The van der Waals surface area contributed by atoms with Crippen molar-refractivity contribution in [3.8, 4) is 0 Å². The van der Waals surface area contributed by atoms with Crippen LogP contribution in [0.3, 0.4) is 0 Å². The molecule has 0 aliphatic carbocycles. The summed E-state index contributed by atoms with van der Waals surface area (Å²) in [4.78, 5) is 16.8. The van der Waals surface area contributed by atoms with E-state index in [2.05, 4.69) is 16.2 Å². The molecule has 0 saturated carbocycles. The Balaban J connectivity index is 1.98. The number of ether oxygens (including phenoxy) is 2. The molecule has 0 spiro atoms. The first kappa shape index (κ1) is 27.3. The number of hydrogen-bond acceptors (Lipinski definition) is 5. The van der Waals surface area contributed by atoms with Crippen LogP contribution >= 0.6 is 11.6 Å². The molecule has 6 nitrogen and oxygen atoms in total. The molecule has 2 rings (SSSR count). The van der Waals surface area contributed by atoms with E-state index in [1.807, 2.05) is 11.0 Å². The first-order valence-electron chi connectivity index (χ1n) is 10.2. The zero-order chi connectivity index (χ0) is 24.8. The Hall–Kier alpha value is -1.92. The standard InChI is InChI=1S/C20H26ClF6N3O3/c1-14(21)3-4-16(15(2)29-9-11-32-12-10-29)13-28-5-7-30(8-6-28)18(31)33-17(19(22,23)24)20(25,26)27/h3-4,17H,2,5-13H2,1H3/b14-3+,16-4-. The molecular weight excluding hydrogens is 480 g/mol. The molecule has 2 aliphatic heterocycles. The second kappa shape index (κ2) is 11.5. The van der Waals surface area contributed by atoms with Crippen LogP contribution in [0.25, 0.3) is 0 Å². The van der Waals surface area contributed by atoms with Gasteiger partial charge in [-0.1, -0.05) is 24.3 Å². The molecule has 0 unspecified atom stereocenters. The van der Waals surface area contributed by atoms with Crippen molar-refractivity contribution >= 4 is 17.7 Å². The summed E-state index contributed by atoms with van der Waals surface area (Å²) in [6.07, 6.45) is -13.8. The normalized spacial score (nSPS) is 19.8. The zero-order valence-corrected chi connectivity index (χ0v) is 18.8. The largest absolute Gasteiger partial charge is 0.434 e. The van der Waals surface area contributed by atoms with Gasteiger partial charge in [0.05, 0.1) is 13.2 Å². The maximum absolute atomic E-state index is 12.6. The second-order valence-corrected chi connectivity index (χ2v) is 8.20. The molecule has 0 atom stereocenters. The molecular formula is C20H26ClF6N3O3. The zero-order valence-electron chi connectivity index (χ0n) is 18.0. The molecule has 2 heterocycles. The fourth-order valence-corrected chi connectivity index (χ4v) is 3.38. The third-order valence-corrected chi connectivity index (χ3v) is 5.24. The van der Waals surface area contributed by atoms with Crippen LogP contribution in [-0.2, 0) is 9.47 Å². The van der Waals surface area contributed by atoms with Crippen molar-refractivity contribution in [2.24, 2.45) is 0 Å². The molecule has 2 saturated heterocycles. The Morgan fingerprint density at radius 1 is 1.00 bits per heavy atom. The van der Waals surface area contributed by atoms with Crippen LogP contribution < -0.4 is 0 Å². The van der Waals surface area contributed by atoms with Crippen molar-refractivity contribution in [3.05, 3.63) is 35.0 Å². The van der Waals surface area contributed by atoms with E-state index in [-0.39, 0.29) is 26.2 Å². The Bertz CT molecular complexity index is 737. The number of halogens is 7. The number of carbonyl (C=O) groups is 1. The molecule has 13 heteroatoms. The number of morpholine rings is 1. The highest BCUT2D eigenvalue weighted by atomic mass is 35.5. The molecule has 0 bridgehead atoms. The lowest BCUT2D eigenvalue weighted by Crippen LogP contribution is -2.53. The maximum atomic E-state index is 12.6. The summed E-state index contributed by atoms with van der Waals surface area (Å²) in [5.41, 5.74) is 1.62. The Morgan fingerprint density at radius 2 is 1.55 bits per heavy atom. The quantitative estimate of drug-likeness (QED) is 0.401. The van der Waals surface area contributed by atoms with E-state index in [0.29, 0.717) is 37.9 Å². The van der Waals surface area contributed by atoms with Crippen LogP contribution in [0.4, 0.5) is 31.1 Å². The first-order chi connectivity index (χ1) is 15.3. The van der Waals surface area contributed by atoms with Crippen molar-refractivity contribution in [2.75, 3.05) is 59.0 Å². The molecule has 1 amide bonds. The number of amides is 1. The van der Waals surface area contributed by atoms with Gasteiger partial charge in [-0.3, -0.25) is 4.90 Å². The van der Waals surface area contributed by atoms with E-state index in [0.717, 1.165) is 16.2 Å². The number of hydrogen-bond donors (Lipinski definition) is 0. The summed E-state index contributed by atoms with van der Waals surface area (Å²) in [6.45, 7) is 9.04. The van der Waals surface area contributed by atoms with E-state index in [4.69, 9.17) is 16.3 Å². The van der Waals surface area contributed by atoms with E-state index in [1.54, 1.807) is 13.0 Å². The van der Waals surface area contributed by atoms with Crippen molar-refractivity contribution in [3.63, 3.8) is 0 Å². The van der Waals surface area contributed by atoms with Gasteiger partial charge in [0, 0.05) is 56.5 Å². The number of rotatable bonds is 6. The van der Waals surface area contributed by atoms with Crippen molar-refractivity contribution in [2.45, 2.75) is 25.4 Å². The molecule has 0 radical (unpaired) electrons. The van der Waals surface area contributed by atoms with E-state index < -0.39 is 24.5 Å². The minimum atomic E-state index is -5.75. The lowest BCUT2D eigenvalue weighted by atomic mass is 10.1. The molecule has 2 fully saturated rings. The van der Waals surface area contributed by atoms with Gasteiger partial charge in [0.1, 0.15) is 0 Å². The van der Waals surface area contributed by atoms with Crippen molar-refractivity contribution < 1.29 is 40.6 Å². The first-order valence-corrected chi connectivity index (χ1v) is 10.5. The van der Waals surface area contributed by atoms with Crippen LogP contribution in [0.15, 0.2) is 35.0 Å². The summed E-state index contributed by atoms with van der Waals surface area (Å²) in [7, 11) is 0. The van der Waals surface area contributed by atoms with Gasteiger partial charge in [-0.2, -0.15) is 26.3 Å². The van der Waals surface area contributed by atoms with Crippen LogP contribution in [-0.4, -0.2) is 98.3 Å². The Morgan fingerprint density at radius 3 is 2.03 bits per heavy atom. The Kier molecular flexibility index (Phi) is 9.50. The summed E-state index contributed by atoms with van der Waals surface area (Å²) in [5.74, 6) is 0. The summed E-state index contributed by atoms with van der Waals surface area (Å²) in [6, 6.07) is 0. The van der Waals surface area contributed by atoms with Gasteiger partial charge < -0.3 is 19.3 Å². The molecule has 0 aromatic carbocycles. The Labute approximate surface area is 193 Å². The summed E-state index contributed by atoms with van der Waals surface area (Å²) in [5, 5.41) is 0.554. The van der Waals surface area contributed by atoms with Crippen LogP contribution in [0.5, 0.6) is 0 Å². The minimum Gasteiger partial charge on any atom is -0.426 e. The average Bonchev–Trinajstić information content (AvgIpc) is 2.73. The van der Waals surface area contributed by atoms with Gasteiger partial charge in [0.2, 0.25) is 0 Å². The van der Waals surface area contributed by atoms with Gasteiger partial charge >= 0.3 is 18.4 Å². The summed E-state index contributed by atoms with van der Waals surface area (Å²) < 4.78 is 85.0. The number of carbonyl (C=O) groups excluding carboxylic acids is 1. The summed E-state index contributed by atoms with van der Waals surface area (Å²) >= 11 is 5.94. The van der Waals surface area contributed by atoms with Gasteiger partial charge in [0.15, 0.2) is 0 Å². The van der Waals surface area contributed by atoms with E-state index >= 15 is 0 Å².